The number of sulfonamides is 1. The number of rotatable bonds is 14. The Labute approximate surface area is 195 Å². The minimum atomic E-state index is -3.74. The fourth-order valence-corrected chi connectivity index (χ4v) is 4.12. The summed E-state index contributed by atoms with van der Waals surface area (Å²) in [6.07, 6.45) is 0. The highest BCUT2D eigenvalue weighted by Gasteiger charge is 2.21. The standard InChI is InChI=1S/C23H32N2O7S/c1-5-31-20-10-12-22(13-11-20)33(27,28)24(2)19-6-8-21(9-7-19)32-18-23(26)25(14-16-29-3)15-17-30-4/h6-13H,5,14-18H2,1-4H3. The van der Waals surface area contributed by atoms with E-state index in [0.29, 0.717) is 50.1 Å². The van der Waals surface area contributed by atoms with Crippen LogP contribution in [0.4, 0.5) is 5.69 Å². The largest absolute Gasteiger partial charge is 0.494 e. The average Bonchev–Trinajstić information content (AvgIpc) is 2.83. The lowest BCUT2D eigenvalue weighted by Gasteiger charge is -2.22. The fraction of sp³-hybridized carbons (Fsp3) is 0.435. The van der Waals surface area contributed by atoms with Crippen molar-refractivity contribution >= 4 is 21.6 Å². The Morgan fingerprint density at radius 2 is 1.36 bits per heavy atom. The summed E-state index contributed by atoms with van der Waals surface area (Å²) in [6, 6.07) is 12.8. The van der Waals surface area contributed by atoms with Gasteiger partial charge < -0.3 is 23.8 Å². The molecule has 0 aromatic heterocycles. The summed E-state index contributed by atoms with van der Waals surface area (Å²) in [6.45, 7) is 3.93. The van der Waals surface area contributed by atoms with E-state index in [1.165, 1.54) is 23.5 Å². The second kappa shape index (κ2) is 13.0. The first-order chi connectivity index (χ1) is 15.8. The van der Waals surface area contributed by atoms with Crippen LogP contribution in [0, 0.1) is 0 Å². The maximum Gasteiger partial charge on any atom is 0.264 e. The number of benzene rings is 2. The lowest BCUT2D eigenvalue weighted by molar-refractivity contribution is -0.134. The Kier molecular flexibility index (Phi) is 10.4. The number of nitrogens with zero attached hydrogens (tertiary/aromatic N) is 2. The van der Waals surface area contributed by atoms with Crippen molar-refractivity contribution in [3.05, 3.63) is 48.5 Å². The summed E-state index contributed by atoms with van der Waals surface area (Å²) in [7, 11) is 0.889. The van der Waals surface area contributed by atoms with E-state index in [1.54, 1.807) is 55.5 Å². The van der Waals surface area contributed by atoms with Crippen LogP contribution in [0.25, 0.3) is 0 Å². The van der Waals surface area contributed by atoms with E-state index < -0.39 is 10.0 Å². The van der Waals surface area contributed by atoms with E-state index in [2.05, 4.69) is 0 Å². The van der Waals surface area contributed by atoms with E-state index in [-0.39, 0.29) is 17.4 Å². The first kappa shape index (κ1) is 26.4. The normalized spacial score (nSPS) is 11.2. The van der Waals surface area contributed by atoms with Crippen molar-refractivity contribution < 1.29 is 32.2 Å². The van der Waals surface area contributed by atoms with Gasteiger partial charge in [-0.1, -0.05) is 0 Å². The van der Waals surface area contributed by atoms with Crippen LogP contribution in [0.2, 0.25) is 0 Å². The van der Waals surface area contributed by atoms with Gasteiger partial charge in [-0.05, 0) is 55.5 Å². The van der Waals surface area contributed by atoms with Gasteiger partial charge in [0.15, 0.2) is 6.61 Å². The van der Waals surface area contributed by atoms with Gasteiger partial charge in [0.05, 0.1) is 30.4 Å². The van der Waals surface area contributed by atoms with Crippen LogP contribution < -0.4 is 13.8 Å². The van der Waals surface area contributed by atoms with E-state index >= 15 is 0 Å². The molecule has 0 bridgehead atoms. The number of anilines is 1. The quantitative estimate of drug-likeness (QED) is 0.410. The van der Waals surface area contributed by atoms with Crippen LogP contribution >= 0.6 is 0 Å². The van der Waals surface area contributed by atoms with Gasteiger partial charge in [0.25, 0.3) is 15.9 Å². The van der Waals surface area contributed by atoms with Gasteiger partial charge in [0.2, 0.25) is 0 Å². The Bertz CT molecular complexity index is 955. The van der Waals surface area contributed by atoms with Gasteiger partial charge in [-0.15, -0.1) is 0 Å². The number of methoxy groups -OCH3 is 2. The van der Waals surface area contributed by atoms with Crippen molar-refractivity contribution in [2.75, 3.05) is 65.1 Å². The number of ether oxygens (including phenoxy) is 4. The summed E-state index contributed by atoms with van der Waals surface area (Å²) in [5.41, 5.74) is 0.462. The second-order valence-corrected chi connectivity index (χ2v) is 9.00. The van der Waals surface area contributed by atoms with Crippen molar-refractivity contribution in [3.8, 4) is 11.5 Å². The molecule has 10 heteroatoms. The van der Waals surface area contributed by atoms with Gasteiger partial charge in [-0.3, -0.25) is 9.10 Å². The van der Waals surface area contributed by atoms with E-state index in [0.717, 1.165) is 0 Å². The summed E-state index contributed by atoms with van der Waals surface area (Å²) < 4.78 is 48.1. The molecule has 0 fully saturated rings. The third-order valence-electron chi connectivity index (χ3n) is 4.84. The van der Waals surface area contributed by atoms with Gasteiger partial charge in [0.1, 0.15) is 11.5 Å². The summed E-state index contributed by atoms with van der Waals surface area (Å²) in [5.74, 6) is 0.874. The van der Waals surface area contributed by atoms with Crippen LogP contribution in [0.15, 0.2) is 53.4 Å². The first-order valence-corrected chi connectivity index (χ1v) is 12.0. The van der Waals surface area contributed by atoms with E-state index in [9.17, 15) is 13.2 Å². The molecule has 2 rings (SSSR count). The van der Waals surface area contributed by atoms with Crippen LogP contribution in [-0.2, 0) is 24.3 Å². The van der Waals surface area contributed by atoms with Crippen molar-refractivity contribution in [2.24, 2.45) is 0 Å². The van der Waals surface area contributed by atoms with Crippen molar-refractivity contribution in [1.29, 1.82) is 0 Å². The number of hydrogen-bond donors (Lipinski definition) is 0. The topological polar surface area (TPSA) is 94.6 Å². The third-order valence-corrected chi connectivity index (χ3v) is 6.64. The van der Waals surface area contributed by atoms with Gasteiger partial charge in [0, 0.05) is 34.4 Å². The fourth-order valence-electron chi connectivity index (χ4n) is 2.92. The molecule has 2 aromatic rings. The zero-order valence-corrected chi connectivity index (χ0v) is 20.3. The Balaban J connectivity index is 2.01. The highest BCUT2D eigenvalue weighted by molar-refractivity contribution is 7.92. The molecule has 0 radical (unpaired) electrons. The third kappa shape index (κ3) is 7.62. The van der Waals surface area contributed by atoms with Crippen LogP contribution in [0.5, 0.6) is 11.5 Å². The molecule has 0 heterocycles. The predicted molar refractivity (Wildman–Crippen MR) is 125 cm³/mol. The molecule has 1 amide bonds. The molecule has 2 aromatic carbocycles. The summed E-state index contributed by atoms with van der Waals surface area (Å²) in [4.78, 5) is 14.2. The van der Waals surface area contributed by atoms with E-state index in [1.807, 2.05) is 6.92 Å². The van der Waals surface area contributed by atoms with Crippen LogP contribution in [0.1, 0.15) is 6.92 Å². The van der Waals surface area contributed by atoms with Crippen molar-refractivity contribution in [3.63, 3.8) is 0 Å². The Morgan fingerprint density at radius 1 is 0.848 bits per heavy atom. The molecular formula is C23H32N2O7S. The van der Waals surface area contributed by atoms with Gasteiger partial charge in [-0.25, -0.2) is 8.42 Å². The maximum atomic E-state index is 12.9. The molecule has 182 valence electrons. The molecule has 0 saturated heterocycles. The predicted octanol–water partition coefficient (Wildman–Crippen LogP) is 2.41. The van der Waals surface area contributed by atoms with Gasteiger partial charge in [-0.2, -0.15) is 0 Å². The van der Waals surface area contributed by atoms with Crippen LogP contribution in [-0.4, -0.2) is 80.0 Å². The minimum absolute atomic E-state index is 0.146. The lowest BCUT2D eigenvalue weighted by Crippen LogP contribution is -2.39. The molecule has 0 aliphatic carbocycles. The Hall–Kier alpha value is -2.82. The highest BCUT2D eigenvalue weighted by atomic mass is 32.2. The number of amides is 1. The number of carbonyl (C=O) groups is 1. The first-order valence-electron chi connectivity index (χ1n) is 10.5. The summed E-state index contributed by atoms with van der Waals surface area (Å²) >= 11 is 0. The highest BCUT2D eigenvalue weighted by Crippen LogP contribution is 2.25. The van der Waals surface area contributed by atoms with Crippen LogP contribution in [0.3, 0.4) is 0 Å². The molecule has 33 heavy (non-hydrogen) atoms. The number of hydrogen-bond acceptors (Lipinski definition) is 7. The molecule has 0 aliphatic heterocycles. The van der Waals surface area contributed by atoms with Crippen molar-refractivity contribution in [2.45, 2.75) is 11.8 Å². The monoisotopic (exact) mass is 480 g/mol. The maximum absolute atomic E-state index is 12.9. The SMILES string of the molecule is CCOc1ccc(S(=O)(=O)N(C)c2ccc(OCC(=O)N(CCOC)CCOC)cc2)cc1. The Morgan fingerprint density at radius 3 is 1.88 bits per heavy atom. The molecule has 0 spiro atoms. The van der Waals surface area contributed by atoms with Crippen molar-refractivity contribution in [1.82, 2.24) is 4.90 Å². The average molecular weight is 481 g/mol. The molecule has 0 aliphatic rings. The van der Waals surface area contributed by atoms with Gasteiger partial charge >= 0.3 is 0 Å². The molecule has 0 atom stereocenters. The molecule has 0 saturated carbocycles. The lowest BCUT2D eigenvalue weighted by atomic mass is 10.3. The smallest absolute Gasteiger partial charge is 0.264 e. The molecule has 0 N–H and O–H groups in total. The van der Waals surface area contributed by atoms with E-state index in [4.69, 9.17) is 18.9 Å². The zero-order chi connectivity index (χ0) is 24.3. The summed E-state index contributed by atoms with van der Waals surface area (Å²) in [5, 5.41) is 0. The minimum Gasteiger partial charge on any atom is -0.494 e. The number of carbonyl (C=O) groups excluding carboxylic acids is 1. The second-order valence-electron chi connectivity index (χ2n) is 7.03. The molecular weight excluding hydrogens is 448 g/mol. The molecule has 9 nitrogen and oxygen atoms in total. The molecule has 0 unspecified atom stereocenters. The zero-order valence-electron chi connectivity index (χ0n) is 19.5.